The summed E-state index contributed by atoms with van der Waals surface area (Å²) in [6.45, 7) is 3.24. The summed E-state index contributed by atoms with van der Waals surface area (Å²) in [5, 5.41) is 3.41. The molecule has 0 aromatic carbocycles. The third-order valence-electron chi connectivity index (χ3n) is 3.03. The van der Waals surface area contributed by atoms with Crippen LogP contribution in [-0.4, -0.2) is 12.6 Å². The highest BCUT2D eigenvalue weighted by atomic mass is 14.9. The van der Waals surface area contributed by atoms with Gasteiger partial charge in [-0.3, -0.25) is 0 Å². The lowest BCUT2D eigenvalue weighted by Crippen LogP contribution is -2.28. The molecule has 0 spiro atoms. The van der Waals surface area contributed by atoms with Crippen molar-refractivity contribution in [3.63, 3.8) is 0 Å². The van der Waals surface area contributed by atoms with Crippen molar-refractivity contribution >= 4 is 0 Å². The van der Waals surface area contributed by atoms with Gasteiger partial charge < -0.3 is 5.32 Å². The molecule has 1 heteroatoms. The number of hydrogen-bond acceptors (Lipinski definition) is 1. The molecule has 0 aromatic heterocycles. The lowest BCUT2D eigenvalue weighted by Gasteiger charge is -2.13. The molecule has 1 N–H and O–H groups in total. The number of terminal acetylenes is 1. The summed E-state index contributed by atoms with van der Waals surface area (Å²) in [7, 11) is 0. The minimum absolute atomic E-state index is 0.293. The van der Waals surface area contributed by atoms with E-state index in [0.717, 1.165) is 18.9 Å². The van der Waals surface area contributed by atoms with Crippen molar-refractivity contribution in [1.82, 2.24) is 5.32 Å². The summed E-state index contributed by atoms with van der Waals surface area (Å²) >= 11 is 0. The normalized spacial score (nSPS) is 20.0. The van der Waals surface area contributed by atoms with Gasteiger partial charge in [-0.05, 0) is 25.3 Å². The highest BCUT2D eigenvalue weighted by Crippen LogP contribution is 2.26. The van der Waals surface area contributed by atoms with E-state index >= 15 is 0 Å². The molecule has 1 aliphatic rings. The van der Waals surface area contributed by atoms with Gasteiger partial charge in [-0.1, -0.05) is 38.5 Å². The molecule has 0 heterocycles. The first-order valence-electron chi connectivity index (χ1n) is 5.56. The highest BCUT2D eigenvalue weighted by molar-refractivity contribution is 4.97. The summed E-state index contributed by atoms with van der Waals surface area (Å²) < 4.78 is 0. The lowest BCUT2D eigenvalue weighted by molar-refractivity contribution is 0.462. The number of rotatable bonds is 5. The first kappa shape index (κ1) is 10.6. The van der Waals surface area contributed by atoms with Gasteiger partial charge in [0.05, 0.1) is 6.04 Å². The zero-order valence-corrected chi connectivity index (χ0v) is 8.68. The molecular weight excluding hydrogens is 158 g/mol. The van der Waals surface area contributed by atoms with E-state index in [9.17, 15) is 0 Å². The first-order chi connectivity index (χ1) is 6.36. The maximum atomic E-state index is 5.37. The fraction of sp³-hybridized carbons (Fsp3) is 0.833. The molecular formula is C12H21N. The van der Waals surface area contributed by atoms with E-state index in [0.29, 0.717) is 6.04 Å². The van der Waals surface area contributed by atoms with Gasteiger partial charge in [0.2, 0.25) is 0 Å². The van der Waals surface area contributed by atoms with E-state index < -0.39 is 0 Å². The highest BCUT2D eigenvalue weighted by Gasteiger charge is 2.14. The smallest absolute Gasteiger partial charge is 0.0684 e. The second kappa shape index (κ2) is 6.05. The van der Waals surface area contributed by atoms with Gasteiger partial charge >= 0.3 is 0 Å². The van der Waals surface area contributed by atoms with Gasteiger partial charge in [0, 0.05) is 0 Å². The second-order valence-corrected chi connectivity index (χ2v) is 4.02. The van der Waals surface area contributed by atoms with E-state index in [2.05, 4.69) is 18.2 Å². The Morgan fingerprint density at radius 1 is 1.46 bits per heavy atom. The molecule has 0 radical (unpaired) electrons. The third kappa shape index (κ3) is 3.83. The Labute approximate surface area is 82.3 Å². The van der Waals surface area contributed by atoms with E-state index in [1.807, 2.05) is 0 Å². The molecule has 1 unspecified atom stereocenters. The average Bonchev–Trinajstić information content (AvgIpc) is 2.65. The number of hydrogen-bond donors (Lipinski definition) is 1. The first-order valence-corrected chi connectivity index (χ1v) is 5.56. The van der Waals surface area contributed by atoms with E-state index in [-0.39, 0.29) is 0 Å². The number of nitrogens with one attached hydrogen (secondary N) is 1. The van der Waals surface area contributed by atoms with Crippen LogP contribution in [0.5, 0.6) is 0 Å². The molecule has 1 aliphatic carbocycles. The molecule has 0 aliphatic heterocycles. The minimum Gasteiger partial charge on any atom is -0.304 e. The van der Waals surface area contributed by atoms with Crippen LogP contribution in [0.1, 0.15) is 45.4 Å². The van der Waals surface area contributed by atoms with Crippen molar-refractivity contribution in [3.05, 3.63) is 0 Å². The van der Waals surface area contributed by atoms with Crippen molar-refractivity contribution < 1.29 is 0 Å². The summed E-state index contributed by atoms with van der Waals surface area (Å²) in [5.41, 5.74) is 0. The van der Waals surface area contributed by atoms with Crippen LogP contribution < -0.4 is 5.32 Å². The Kier molecular flexibility index (Phi) is 4.93. The van der Waals surface area contributed by atoms with Crippen LogP contribution >= 0.6 is 0 Å². The molecule has 1 nitrogen and oxygen atoms in total. The standard InChI is InChI=1S/C12H21N/c1-3-12(4-2)13-10-9-11-7-5-6-8-11/h1,11-13H,4-10H2,2H3. The zero-order chi connectivity index (χ0) is 9.52. The van der Waals surface area contributed by atoms with Crippen LogP contribution in [0.2, 0.25) is 0 Å². The van der Waals surface area contributed by atoms with Crippen molar-refractivity contribution in [1.29, 1.82) is 0 Å². The Morgan fingerprint density at radius 2 is 2.15 bits per heavy atom. The van der Waals surface area contributed by atoms with Gasteiger partial charge in [-0.15, -0.1) is 6.42 Å². The summed E-state index contributed by atoms with van der Waals surface area (Å²) in [4.78, 5) is 0. The molecule has 74 valence electrons. The molecule has 13 heavy (non-hydrogen) atoms. The Hall–Kier alpha value is -0.480. The monoisotopic (exact) mass is 179 g/mol. The predicted molar refractivity (Wildman–Crippen MR) is 57.5 cm³/mol. The molecule has 0 amide bonds. The maximum absolute atomic E-state index is 5.37. The zero-order valence-electron chi connectivity index (χ0n) is 8.68. The second-order valence-electron chi connectivity index (χ2n) is 4.02. The largest absolute Gasteiger partial charge is 0.304 e. The average molecular weight is 179 g/mol. The van der Waals surface area contributed by atoms with Crippen LogP contribution in [0.3, 0.4) is 0 Å². The molecule has 1 atom stereocenters. The molecule has 0 saturated heterocycles. The molecule has 0 bridgehead atoms. The van der Waals surface area contributed by atoms with Gasteiger partial charge in [-0.25, -0.2) is 0 Å². The maximum Gasteiger partial charge on any atom is 0.0684 e. The van der Waals surface area contributed by atoms with Crippen LogP contribution in [0.25, 0.3) is 0 Å². The lowest BCUT2D eigenvalue weighted by atomic mass is 10.0. The van der Waals surface area contributed by atoms with Crippen LogP contribution in [-0.2, 0) is 0 Å². The molecule has 0 aromatic rings. The van der Waals surface area contributed by atoms with E-state index in [1.54, 1.807) is 0 Å². The van der Waals surface area contributed by atoms with Crippen molar-refractivity contribution in [2.75, 3.05) is 6.54 Å². The van der Waals surface area contributed by atoms with Crippen molar-refractivity contribution in [2.45, 2.75) is 51.5 Å². The third-order valence-corrected chi connectivity index (χ3v) is 3.03. The van der Waals surface area contributed by atoms with Crippen molar-refractivity contribution in [2.24, 2.45) is 5.92 Å². The topological polar surface area (TPSA) is 12.0 Å². The van der Waals surface area contributed by atoms with Gasteiger partial charge in [0.1, 0.15) is 0 Å². The fourth-order valence-corrected chi connectivity index (χ4v) is 2.08. The van der Waals surface area contributed by atoms with E-state index in [1.165, 1.54) is 32.1 Å². The van der Waals surface area contributed by atoms with E-state index in [4.69, 9.17) is 6.42 Å². The van der Waals surface area contributed by atoms with Crippen LogP contribution in [0, 0.1) is 18.3 Å². The Morgan fingerprint density at radius 3 is 2.69 bits per heavy atom. The molecule has 1 saturated carbocycles. The van der Waals surface area contributed by atoms with Gasteiger partial charge in [0.15, 0.2) is 0 Å². The fourth-order valence-electron chi connectivity index (χ4n) is 2.08. The van der Waals surface area contributed by atoms with Gasteiger partial charge in [-0.2, -0.15) is 0 Å². The summed E-state index contributed by atoms with van der Waals surface area (Å²) in [5.74, 6) is 3.74. The Balaban J connectivity index is 2.02. The SMILES string of the molecule is C#CC(CC)NCCC1CCCC1. The van der Waals surface area contributed by atoms with Crippen LogP contribution in [0.4, 0.5) is 0 Å². The summed E-state index contributed by atoms with van der Waals surface area (Å²) in [6.07, 6.45) is 13.5. The predicted octanol–water partition coefficient (Wildman–Crippen LogP) is 2.57. The minimum atomic E-state index is 0.293. The Bertz CT molecular complexity index is 162. The molecule has 1 fully saturated rings. The summed E-state index contributed by atoms with van der Waals surface area (Å²) in [6, 6.07) is 0.293. The van der Waals surface area contributed by atoms with Gasteiger partial charge in [0.25, 0.3) is 0 Å². The van der Waals surface area contributed by atoms with Crippen LogP contribution in [0.15, 0.2) is 0 Å². The van der Waals surface area contributed by atoms with Crippen molar-refractivity contribution in [3.8, 4) is 12.3 Å². The molecule has 1 rings (SSSR count). The quantitative estimate of drug-likeness (QED) is 0.640.